The summed E-state index contributed by atoms with van der Waals surface area (Å²) in [5.41, 5.74) is 4.41. The molecular weight excluding hydrogens is 273 g/mol. The fourth-order valence-electron chi connectivity index (χ4n) is 1.85. The molecule has 0 unspecified atom stereocenters. The number of nitrogen functional groups attached to an aromatic ring is 1. The number of aromatic nitrogens is 5. The van der Waals surface area contributed by atoms with E-state index >= 15 is 0 Å². The number of anilines is 1. The van der Waals surface area contributed by atoms with E-state index in [4.69, 9.17) is 5.84 Å². The molecule has 8 heteroatoms. The molecule has 3 aromatic heterocycles. The average molecular weight is 285 g/mol. The Balaban J connectivity index is 2.10. The first-order valence-electron chi connectivity index (χ1n) is 6.12. The lowest BCUT2D eigenvalue weighted by atomic mass is 10.2. The van der Waals surface area contributed by atoms with Crippen LogP contribution in [0.3, 0.4) is 0 Å². The average Bonchev–Trinajstić information content (AvgIpc) is 2.94. The third-order valence-corrected chi connectivity index (χ3v) is 2.83. The van der Waals surface area contributed by atoms with Crippen LogP contribution in [-0.2, 0) is 7.05 Å². The Kier molecular flexibility index (Phi) is 3.28. The third kappa shape index (κ3) is 2.70. The van der Waals surface area contributed by atoms with Crippen molar-refractivity contribution >= 4 is 5.82 Å². The molecule has 3 aromatic rings. The largest absolute Gasteiger partial charge is 0.308 e. The van der Waals surface area contributed by atoms with Crippen LogP contribution in [0.15, 0.2) is 36.8 Å². The lowest BCUT2D eigenvalue weighted by Gasteiger charge is -2.06. The van der Waals surface area contributed by atoms with Crippen molar-refractivity contribution in [2.45, 2.75) is 0 Å². The van der Waals surface area contributed by atoms with Crippen molar-refractivity contribution in [2.24, 2.45) is 12.9 Å². The van der Waals surface area contributed by atoms with E-state index in [1.165, 1.54) is 12.1 Å². The van der Waals surface area contributed by atoms with Crippen molar-refractivity contribution in [1.29, 1.82) is 0 Å². The summed E-state index contributed by atoms with van der Waals surface area (Å²) in [6, 6.07) is 4.51. The number of hydrazine groups is 1. The summed E-state index contributed by atoms with van der Waals surface area (Å²) in [4.78, 5) is 12.6. The number of rotatable bonds is 3. The molecule has 0 aliphatic heterocycles. The minimum absolute atomic E-state index is 0.351. The van der Waals surface area contributed by atoms with Gasteiger partial charge in [0.25, 0.3) is 0 Å². The van der Waals surface area contributed by atoms with Crippen LogP contribution in [0, 0.1) is 5.82 Å². The predicted octanol–water partition coefficient (Wildman–Crippen LogP) is 1.36. The van der Waals surface area contributed by atoms with E-state index in [1.54, 1.807) is 16.9 Å². The van der Waals surface area contributed by atoms with Gasteiger partial charge in [-0.05, 0) is 12.1 Å². The first kappa shape index (κ1) is 13.1. The number of nitrogens with one attached hydrogen (secondary N) is 1. The minimum Gasteiger partial charge on any atom is -0.308 e. The summed E-state index contributed by atoms with van der Waals surface area (Å²) < 4.78 is 14.6. The molecule has 3 N–H and O–H groups in total. The summed E-state index contributed by atoms with van der Waals surface area (Å²) in [7, 11) is 1.81. The standard InChI is InChI=1S/C13H12FN7/c1-21-7-8(5-17-21)11-4-12(20-15)19-13(18-11)10-3-2-9(14)6-16-10/h2-7H,15H2,1H3,(H,18,19,20). The lowest BCUT2D eigenvalue weighted by molar-refractivity contribution is 0.621. The number of hydrogen-bond donors (Lipinski definition) is 2. The second-order valence-corrected chi connectivity index (χ2v) is 4.37. The maximum atomic E-state index is 12.9. The van der Waals surface area contributed by atoms with Crippen molar-refractivity contribution in [3.8, 4) is 22.8 Å². The Bertz CT molecular complexity index is 766. The first-order valence-corrected chi connectivity index (χ1v) is 6.12. The summed E-state index contributed by atoms with van der Waals surface area (Å²) in [6.45, 7) is 0. The molecule has 21 heavy (non-hydrogen) atoms. The number of pyridine rings is 1. The molecular formula is C13H12FN7. The van der Waals surface area contributed by atoms with Crippen LogP contribution in [0.2, 0.25) is 0 Å². The first-order chi connectivity index (χ1) is 10.2. The van der Waals surface area contributed by atoms with Gasteiger partial charge >= 0.3 is 0 Å². The lowest BCUT2D eigenvalue weighted by Crippen LogP contribution is -2.10. The highest BCUT2D eigenvalue weighted by Gasteiger charge is 2.10. The molecule has 3 rings (SSSR count). The SMILES string of the molecule is Cn1cc(-c2cc(NN)nc(-c3ccc(F)cn3)n2)cn1. The highest BCUT2D eigenvalue weighted by Crippen LogP contribution is 2.22. The van der Waals surface area contributed by atoms with Crippen molar-refractivity contribution < 1.29 is 4.39 Å². The molecule has 7 nitrogen and oxygen atoms in total. The van der Waals surface area contributed by atoms with Gasteiger partial charge in [-0.3, -0.25) is 4.68 Å². The monoisotopic (exact) mass is 285 g/mol. The third-order valence-electron chi connectivity index (χ3n) is 2.83. The summed E-state index contributed by atoms with van der Waals surface area (Å²) in [6.07, 6.45) is 4.62. The maximum absolute atomic E-state index is 12.9. The van der Waals surface area contributed by atoms with E-state index in [0.717, 1.165) is 11.8 Å². The zero-order valence-electron chi connectivity index (χ0n) is 11.2. The van der Waals surface area contributed by atoms with Crippen LogP contribution >= 0.6 is 0 Å². The Morgan fingerprint density at radius 2 is 2.05 bits per heavy atom. The molecule has 0 radical (unpaired) electrons. The van der Waals surface area contributed by atoms with Crippen LogP contribution in [-0.4, -0.2) is 24.7 Å². The van der Waals surface area contributed by atoms with Crippen molar-refractivity contribution in [2.75, 3.05) is 5.43 Å². The summed E-state index contributed by atoms with van der Waals surface area (Å²) in [5.74, 6) is 5.80. The molecule has 106 valence electrons. The van der Waals surface area contributed by atoms with E-state index in [1.807, 2.05) is 13.2 Å². The second kappa shape index (κ2) is 5.25. The molecule has 0 spiro atoms. The molecule has 0 atom stereocenters. The molecule has 0 fully saturated rings. The Morgan fingerprint density at radius 1 is 1.19 bits per heavy atom. The molecule has 0 bridgehead atoms. The van der Waals surface area contributed by atoms with Gasteiger partial charge < -0.3 is 5.43 Å². The molecule has 0 saturated carbocycles. The summed E-state index contributed by atoms with van der Waals surface area (Å²) in [5, 5.41) is 4.10. The number of nitrogens with two attached hydrogens (primary N) is 1. The van der Waals surface area contributed by atoms with Gasteiger partial charge in [-0.25, -0.2) is 25.2 Å². The van der Waals surface area contributed by atoms with Gasteiger partial charge in [0.05, 0.1) is 18.1 Å². The molecule has 0 aliphatic rings. The van der Waals surface area contributed by atoms with E-state index in [2.05, 4.69) is 25.5 Å². The van der Waals surface area contributed by atoms with Crippen LogP contribution in [0.4, 0.5) is 10.2 Å². The van der Waals surface area contributed by atoms with E-state index in [9.17, 15) is 4.39 Å². The van der Waals surface area contributed by atoms with Gasteiger partial charge in [0, 0.05) is 24.9 Å². The predicted molar refractivity (Wildman–Crippen MR) is 75.2 cm³/mol. The second-order valence-electron chi connectivity index (χ2n) is 4.37. The Morgan fingerprint density at radius 3 is 2.67 bits per heavy atom. The van der Waals surface area contributed by atoms with Crippen LogP contribution < -0.4 is 11.3 Å². The van der Waals surface area contributed by atoms with Gasteiger partial charge in [0.1, 0.15) is 17.3 Å². The number of halogens is 1. The highest BCUT2D eigenvalue weighted by atomic mass is 19.1. The molecule has 0 saturated heterocycles. The van der Waals surface area contributed by atoms with Gasteiger partial charge in [0.15, 0.2) is 5.82 Å². The Hall–Kier alpha value is -2.87. The van der Waals surface area contributed by atoms with Crippen LogP contribution in [0.1, 0.15) is 0 Å². The van der Waals surface area contributed by atoms with Crippen LogP contribution in [0.5, 0.6) is 0 Å². The zero-order chi connectivity index (χ0) is 14.8. The van der Waals surface area contributed by atoms with Crippen molar-refractivity contribution in [1.82, 2.24) is 24.7 Å². The maximum Gasteiger partial charge on any atom is 0.180 e. The topological polar surface area (TPSA) is 94.5 Å². The van der Waals surface area contributed by atoms with E-state index in [-0.39, 0.29) is 0 Å². The quantitative estimate of drug-likeness (QED) is 0.557. The number of hydrogen-bond acceptors (Lipinski definition) is 6. The number of nitrogens with zero attached hydrogens (tertiary/aromatic N) is 5. The Labute approximate surface area is 119 Å². The molecule has 0 amide bonds. The minimum atomic E-state index is -0.417. The van der Waals surface area contributed by atoms with Gasteiger partial charge in [-0.15, -0.1) is 0 Å². The normalized spacial score (nSPS) is 10.6. The van der Waals surface area contributed by atoms with Gasteiger partial charge in [0.2, 0.25) is 0 Å². The highest BCUT2D eigenvalue weighted by molar-refractivity contribution is 5.65. The van der Waals surface area contributed by atoms with E-state index in [0.29, 0.717) is 23.0 Å². The molecule has 0 aromatic carbocycles. The fraction of sp³-hybridized carbons (Fsp3) is 0.0769. The fourth-order valence-corrected chi connectivity index (χ4v) is 1.85. The molecule has 3 heterocycles. The number of aryl methyl sites for hydroxylation is 1. The van der Waals surface area contributed by atoms with Gasteiger partial charge in [-0.2, -0.15) is 5.10 Å². The zero-order valence-corrected chi connectivity index (χ0v) is 11.2. The summed E-state index contributed by atoms with van der Waals surface area (Å²) >= 11 is 0. The smallest absolute Gasteiger partial charge is 0.180 e. The van der Waals surface area contributed by atoms with Crippen molar-refractivity contribution in [3.05, 3.63) is 42.6 Å². The molecule has 0 aliphatic carbocycles. The van der Waals surface area contributed by atoms with E-state index < -0.39 is 5.82 Å². The van der Waals surface area contributed by atoms with Crippen molar-refractivity contribution in [3.63, 3.8) is 0 Å². The van der Waals surface area contributed by atoms with Gasteiger partial charge in [-0.1, -0.05) is 0 Å². The van der Waals surface area contributed by atoms with Crippen LogP contribution in [0.25, 0.3) is 22.8 Å².